The lowest BCUT2D eigenvalue weighted by Crippen LogP contribution is -2.01. The van der Waals surface area contributed by atoms with E-state index in [1.54, 1.807) is 6.07 Å². The molecule has 0 saturated carbocycles. The zero-order valence-electron chi connectivity index (χ0n) is 7.55. The fourth-order valence-corrected chi connectivity index (χ4v) is 1.23. The van der Waals surface area contributed by atoms with Gasteiger partial charge in [-0.3, -0.25) is 4.98 Å². The van der Waals surface area contributed by atoms with Crippen LogP contribution in [0.1, 0.15) is 0 Å². The van der Waals surface area contributed by atoms with Gasteiger partial charge in [-0.05, 0) is 0 Å². The molecule has 2 aromatic rings. The average Bonchev–Trinajstić information content (AvgIpc) is 2.16. The first kappa shape index (κ1) is 9.60. The van der Waals surface area contributed by atoms with Crippen LogP contribution in [0.15, 0.2) is 18.5 Å². The molecule has 0 aromatic carbocycles. The molecule has 0 aliphatic carbocycles. The summed E-state index contributed by atoms with van der Waals surface area (Å²) in [5.41, 5.74) is 12.0. The van der Waals surface area contributed by atoms with Crippen molar-refractivity contribution in [3.63, 3.8) is 0 Å². The highest BCUT2D eigenvalue weighted by Crippen LogP contribution is 2.17. The zero-order valence-corrected chi connectivity index (χ0v) is 8.31. The van der Waals surface area contributed by atoms with Gasteiger partial charge in [0.25, 0.3) is 0 Å². The molecule has 2 rings (SSSR count). The number of rotatable bonds is 1. The van der Waals surface area contributed by atoms with Crippen LogP contribution in [-0.4, -0.2) is 19.9 Å². The van der Waals surface area contributed by atoms with Crippen molar-refractivity contribution in [3.8, 4) is 11.4 Å². The molecule has 0 bridgehead atoms. The highest BCUT2D eigenvalue weighted by molar-refractivity contribution is 6.29. The van der Waals surface area contributed by atoms with Crippen LogP contribution in [0.2, 0.25) is 5.15 Å². The molecular weight excluding hydrogens is 216 g/mol. The molecule has 0 fully saturated rings. The van der Waals surface area contributed by atoms with E-state index in [0.717, 1.165) is 0 Å². The lowest BCUT2D eigenvalue weighted by Gasteiger charge is -2.01. The van der Waals surface area contributed by atoms with E-state index in [1.807, 2.05) is 0 Å². The van der Waals surface area contributed by atoms with Gasteiger partial charge in [-0.1, -0.05) is 11.6 Å². The number of hydrogen-bond acceptors (Lipinski definition) is 6. The van der Waals surface area contributed by atoms with E-state index in [4.69, 9.17) is 23.1 Å². The molecular formula is C8H7ClN6. The summed E-state index contributed by atoms with van der Waals surface area (Å²) in [5.74, 6) is 0.367. The highest BCUT2D eigenvalue weighted by atomic mass is 35.5. The first-order valence-corrected chi connectivity index (χ1v) is 4.41. The topological polar surface area (TPSA) is 104 Å². The molecule has 7 heteroatoms. The van der Waals surface area contributed by atoms with Crippen molar-refractivity contribution in [1.29, 1.82) is 0 Å². The Morgan fingerprint density at radius 3 is 2.47 bits per heavy atom. The molecule has 76 valence electrons. The van der Waals surface area contributed by atoms with Gasteiger partial charge < -0.3 is 11.5 Å². The van der Waals surface area contributed by atoms with E-state index in [9.17, 15) is 0 Å². The summed E-state index contributed by atoms with van der Waals surface area (Å²) in [6.07, 6.45) is 2.95. The van der Waals surface area contributed by atoms with Crippen molar-refractivity contribution in [2.75, 3.05) is 11.5 Å². The second-order valence-electron chi connectivity index (χ2n) is 2.76. The molecule has 0 spiro atoms. The van der Waals surface area contributed by atoms with Crippen LogP contribution < -0.4 is 11.5 Å². The molecule has 0 aliphatic rings. The fourth-order valence-electron chi connectivity index (χ4n) is 1.08. The predicted molar refractivity (Wildman–Crippen MR) is 56.9 cm³/mol. The van der Waals surface area contributed by atoms with Gasteiger partial charge in [-0.25, -0.2) is 9.97 Å². The lowest BCUT2D eigenvalue weighted by atomic mass is 10.3. The summed E-state index contributed by atoms with van der Waals surface area (Å²) in [5, 5.41) is 0.281. The Morgan fingerprint density at radius 1 is 1.00 bits per heavy atom. The van der Waals surface area contributed by atoms with Crippen LogP contribution in [0.25, 0.3) is 11.4 Å². The Labute approximate surface area is 90.4 Å². The fraction of sp³-hybridized carbons (Fsp3) is 0. The summed E-state index contributed by atoms with van der Waals surface area (Å²) in [6.45, 7) is 0. The van der Waals surface area contributed by atoms with E-state index in [1.165, 1.54) is 12.4 Å². The quantitative estimate of drug-likeness (QED) is 0.738. The molecule has 2 heterocycles. The van der Waals surface area contributed by atoms with Gasteiger partial charge in [0.05, 0.1) is 18.1 Å². The number of nitrogens with two attached hydrogens (primary N) is 2. The maximum Gasteiger partial charge on any atom is 0.222 e. The smallest absolute Gasteiger partial charge is 0.222 e. The van der Waals surface area contributed by atoms with Crippen molar-refractivity contribution >= 4 is 23.4 Å². The van der Waals surface area contributed by atoms with Gasteiger partial charge >= 0.3 is 0 Å². The number of anilines is 2. The third-order valence-corrected chi connectivity index (χ3v) is 1.81. The Bertz CT molecular complexity index is 480. The minimum absolute atomic E-state index is 0.0896. The van der Waals surface area contributed by atoms with Gasteiger partial charge in [-0.15, -0.1) is 0 Å². The maximum absolute atomic E-state index is 5.69. The highest BCUT2D eigenvalue weighted by Gasteiger charge is 2.05. The number of aromatic nitrogens is 4. The van der Waals surface area contributed by atoms with E-state index >= 15 is 0 Å². The summed E-state index contributed by atoms with van der Waals surface area (Å²) < 4.78 is 0. The Morgan fingerprint density at radius 2 is 1.80 bits per heavy atom. The number of nitrogens with zero attached hydrogens (tertiary/aromatic N) is 4. The summed E-state index contributed by atoms with van der Waals surface area (Å²) in [4.78, 5) is 15.6. The van der Waals surface area contributed by atoms with Crippen molar-refractivity contribution in [1.82, 2.24) is 19.9 Å². The zero-order chi connectivity index (χ0) is 10.8. The Balaban J connectivity index is 2.54. The maximum atomic E-state index is 5.69. The third-order valence-electron chi connectivity index (χ3n) is 1.63. The second kappa shape index (κ2) is 3.66. The first-order valence-electron chi connectivity index (χ1n) is 4.03. The molecule has 6 nitrogen and oxygen atoms in total. The van der Waals surface area contributed by atoms with Crippen molar-refractivity contribution in [3.05, 3.63) is 23.6 Å². The van der Waals surface area contributed by atoms with Gasteiger partial charge in [0.2, 0.25) is 5.95 Å². The van der Waals surface area contributed by atoms with E-state index < -0.39 is 0 Å². The minimum Gasteiger partial charge on any atom is -0.384 e. The molecule has 0 radical (unpaired) electrons. The summed E-state index contributed by atoms with van der Waals surface area (Å²) in [6, 6.07) is 1.55. The van der Waals surface area contributed by atoms with Crippen LogP contribution >= 0.6 is 11.6 Å². The molecule has 0 amide bonds. The number of halogens is 1. The molecule has 0 unspecified atom stereocenters. The van der Waals surface area contributed by atoms with Crippen molar-refractivity contribution in [2.45, 2.75) is 0 Å². The summed E-state index contributed by atoms with van der Waals surface area (Å²) >= 11 is 5.69. The molecule has 4 N–H and O–H groups in total. The van der Waals surface area contributed by atoms with Gasteiger partial charge in [0.1, 0.15) is 16.7 Å². The predicted octanol–water partition coefficient (Wildman–Crippen LogP) is 0.751. The number of hydrogen-bond donors (Lipinski definition) is 2. The monoisotopic (exact) mass is 222 g/mol. The van der Waals surface area contributed by atoms with Gasteiger partial charge in [0.15, 0.2) is 0 Å². The van der Waals surface area contributed by atoms with Gasteiger partial charge in [0, 0.05) is 6.07 Å². The van der Waals surface area contributed by atoms with Gasteiger partial charge in [-0.2, -0.15) is 4.98 Å². The number of nitrogen functional groups attached to an aromatic ring is 2. The summed E-state index contributed by atoms with van der Waals surface area (Å²) in [7, 11) is 0. The van der Waals surface area contributed by atoms with E-state index in [2.05, 4.69) is 19.9 Å². The van der Waals surface area contributed by atoms with E-state index in [0.29, 0.717) is 11.4 Å². The lowest BCUT2D eigenvalue weighted by molar-refractivity contribution is 1.14. The van der Waals surface area contributed by atoms with Crippen LogP contribution in [-0.2, 0) is 0 Å². The largest absolute Gasteiger partial charge is 0.384 e. The molecule has 15 heavy (non-hydrogen) atoms. The van der Waals surface area contributed by atoms with Crippen LogP contribution in [0, 0.1) is 0 Å². The van der Waals surface area contributed by atoms with Crippen molar-refractivity contribution in [2.24, 2.45) is 0 Å². The van der Waals surface area contributed by atoms with Crippen LogP contribution in [0.3, 0.4) is 0 Å². The normalized spacial score (nSPS) is 10.2. The molecule has 2 aromatic heterocycles. The SMILES string of the molecule is Nc1cc(-c2cncc(Cl)n2)nc(N)n1. The Hall–Kier alpha value is -1.95. The van der Waals surface area contributed by atoms with Crippen LogP contribution in [0.5, 0.6) is 0 Å². The third kappa shape index (κ3) is 2.10. The minimum atomic E-state index is 0.0896. The Kier molecular flexibility index (Phi) is 2.34. The van der Waals surface area contributed by atoms with Crippen LogP contribution in [0.4, 0.5) is 11.8 Å². The standard InChI is InChI=1S/C8H7ClN6/c9-6-3-12-2-5(13-6)4-1-7(10)15-8(11)14-4/h1-3H,(H4,10,11,14,15). The second-order valence-corrected chi connectivity index (χ2v) is 3.15. The molecule has 0 aliphatic heterocycles. The van der Waals surface area contributed by atoms with Crippen molar-refractivity contribution < 1.29 is 0 Å². The molecule has 0 atom stereocenters. The van der Waals surface area contributed by atoms with E-state index in [-0.39, 0.29) is 16.9 Å². The first-order chi connectivity index (χ1) is 7.15. The molecule has 0 saturated heterocycles. The average molecular weight is 223 g/mol.